The van der Waals surface area contributed by atoms with E-state index >= 15 is 0 Å². The minimum Gasteiger partial charge on any atom is -0.497 e. The summed E-state index contributed by atoms with van der Waals surface area (Å²) in [5, 5.41) is 4.50. The Morgan fingerprint density at radius 2 is 1.81 bits per heavy atom. The monoisotopic (exact) mass is 444 g/mol. The average molecular weight is 445 g/mol. The Balaban J connectivity index is 2.03. The first-order valence-electron chi connectivity index (χ1n) is 9.97. The number of benzene rings is 2. The minimum absolute atomic E-state index is 0.220. The van der Waals surface area contributed by atoms with Gasteiger partial charge in [-0.05, 0) is 60.8 Å². The zero-order valence-corrected chi connectivity index (χ0v) is 18.6. The highest BCUT2D eigenvalue weighted by Gasteiger charge is 2.23. The summed E-state index contributed by atoms with van der Waals surface area (Å²) in [6.07, 6.45) is 0. The number of rotatable bonds is 6. The average Bonchev–Trinajstić information content (AvgIpc) is 3.18. The summed E-state index contributed by atoms with van der Waals surface area (Å²) in [6.45, 7) is 3.97. The normalized spacial score (nSPS) is 10.6. The van der Waals surface area contributed by atoms with Crippen LogP contribution in [0.2, 0.25) is 0 Å². The molecule has 0 amide bonds. The SMILES string of the molecule is CCOC(=O)c1sc2nc(-c3ccc(OC)cc3)cc(-c3ccc(C)cc3)c2c1N=[N+]=[N-]. The molecule has 8 heteroatoms. The zero-order valence-electron chi connectivity index (χ0n) is 17.8. The first-order chi connectivity index (χ1) is 15.5. The van der Waals surface area contributed by atoms with Crippen molar-refractivity contribution in [3.05, 3.63) is 75.5 Å². The predicted molar refractivity (Wildman–Crippen MR) is 127 cm³/mol. The fraction of sp³-hybridized carbons (Fsp3) is 0.167. The topological polar surface area (TPSA) is 97.2 Å². The van der Waals surface area contributed by atoms with Crippen molar-refractivity contribution in [2.75, 3.05) is 13.7 Å². The van der Waals surface area contributed by atoms with Crippen molar-refractivity contribution >= 4 is 33.2 Å². The maximum atomic E-state index is 12.6. The maximum Gasteiger partial charge on any atom is 0.348 e. The number of esters is 1. The molecular weight excluding hydrogens is 424 g/mol. The van der Waals surface area contributed by atoms with Crippen LogP contribution >= 0.6 is 11.3 Å². The Morgan fingerprint density at radius 1 is 1.12 bits per heavy atom. The van der Waals surface area contributed by atoms with E-state index in [4.69, 9.17) is 14.5 Å². The van der Waals surface area contributed by atoms with E-state index in [1.807, 2.05) is 61.5 Å². The van der Waals surface area contributed by atoms with Gasteiger partial charge in [-0.15, -0.1) is 11.3 Å². The number of hydrogen-bond acceptors (Lipinski definition) is 6. The molecule has 0 bridgehead atoms. The van der Waals surface area contributed by atoms with Crippen LogP contribution in [0, 0.1) is 6.92 Å². The largest absolute Gasteiger partial charge is 0.497 e. The van der Waals surface area contributed by atoms with Gasteiger partial charge >= 0.3 is 5.97 Å². The number of ether oxygens (including phenoxy) is 2. The number of methoxy groups -OCH3 is 1. The molecule has 0 saturated heterocycles. The number of carbonyl (C=O) groups is 1. The van der Waals surface area contributed by atoms with E-state index in [0.29, 0.717) is 10.2 Å². The molecule has 0 aliphatic carbocycles. The van der Waals surface area contributed by atoms with Crippen molar-refractivity contribution in [1.29, 1.82) is 0 Å². The summed E-state index contributed by atoms with van der Waals surface area (Å²) in [4.78, 5) is 21.2. The second kappa shape index (κ2) is 9.09. The first kappa shape index (κ1) is 21.4. The van der Waals surface area contributed by atoms with Gasteiger partial charge in [-0.3, -0.25) is 0 Å². The number of pyridine rings is 1. The standard InChI is InChI=1S/C24H20N4O3S/c1-4-31-24(29)22-21(27-28-25)20-18(15-7-5-14(2)6-8-15)13-19(26-23(20)32-22)16-9-11-17(30-3)12-10-16/h5-13H,4H2,1-3H3. The molecule has 0 spiro atoms. The molecular formula is C24H20N4O3S. The highest BCUT2D eigenvalue weighted by atomic mass is 32.1. The van der Waals surface area contributed by atoms with Crippen LogP contribution in [0.4, 0.5) is 5.69 Å². The molecule has 0 fully saturated rings. The van der Waals surface area contributed by atoms with Crippen LogP contribution in [0.1, 0.15) is 22.2 Å². The van der Waals surface area contributed by atoms with E-state index < -0.39 is 5.97 Å². The van der Waals surface area contributed by atoms with Gasteiger partial charge in [0.2, 0.25) is 0 Å². The summed E-state index contributed by atoms with van der Waals surface area (Å²) in [5.41, 5.74) is 14.0. The van der Waals surface area contributed by atoms with Crippen LogP contribution in [0.3, 0.4) is 0 Å². The van der Waals surface area contributed by atoms with E-state index in [1.54, 1.807) is 14.0 Å². The molecule has 2 aromatic carbocycles. The van der Waals surface area contributed by atoms with E-state index in [0.717, 1.165) is 33.7 Å². The van der Waals surface area contributed by atoms with Crippen LogP contribution in [0.5, 0.6) is 5.75 Å². The Hall–Kier alpha value is -3.87. The third-order valence-corrected chi connectivity index (χ3v) is 6.04. The molecule has 0 saturated carbocycles. The van der Waals surface area contributed by atoms with Gasteiger partial charge in [0.15, 0.2) is 0 Å². The lowest BCUT2D eigenvalue weighted by Crippen LogP contribution is -2.02. The summed E-state index contributed by atoms with van der Waals surface area (Å²) >= 11 is 1.17. The maximum absolute atomic E-state index is 12.6. The third-order valence-electron chi connectivity index (χ3n) is 4.99. The fourth-order valence-corrected chi connectivity index (χ4v) is 4.46. The number of carbonyl (C=O) groups excluding carboxylic acids is 1. The van der Waals surface area contributed by atoms with Crippen molar-refractivity contribution in [1.82, 2.24) is 4.98 Å². The van der Waals surface area contributed by atoms with Crippen LogP contribution in [0.25, 0.3) is 43.0 Å². The van der Waals surface area contributed by atoms with Crippen LogP contribution in [-0.2, 0) is 4.74 Å². The molecule has 32 heavy (non-hydrogen) atoms. The predicted octanol–water partition coefficient (Wildman–Crippen LogP) is 7.07. The lowest BCUT2D eigenvalue weighted by atomic mass is 9.98. The number of hydrogen-bond donors (Lipinski definition) is 0. The molecule has 0 aliphatic heterocycles. The minimum atomic E-state index is -0.529. The van der Waals surface area contributed by atoms with E-state index in [-0.39, 0.29) is 17.2 Å². The number of nitrogens with zero attached hydrogens (tertiary/aromatic N) is 4. The molecule has 4 aromatic rings. The quantitative estimate of drug-likeness (QED) is 0.137. The van der Waals surface area contributed by atoms with Crippen LogP contribution < -0.4 is 4.74 Å². The molecule has 0 atom stereocenters. The van der Waals surface area contributed by atoms with Gasteiger partial charge in [0.05, 0.1) is 25.1 Å². The second-order valence-corrected chi connectivity index (χ2v) is 8.02. The Morgan fingerprint density at radius 3 is 2.44 bits per heavy atom. The lowest BCUT2D eigenvalue weighted by Gasteiger charge is -2.10. The highest BCUT2D eigenvalue weighted by Crippen LogP contribution is 2.44. The second-order valence-electron chi connectivity index (χ2n) is 7.02. The Labute approximate surface area is 188 Å². The van der Waals surface area contributed by atoms with Gasteiger partial charge in [-0.1, -0.05) is 34.9 Å². The fourth-order valence-electron chi connectivity index (χ4n) is 3.43. The van der Waals surface area contributed by atoms with Crippen molar-refractivity contribution in [3.8, 4) is 28.1 Å². The number of azide groups is 1. The van der Waals surface area contributed by atoms with Crippen LogP contribution in [0.15, 0.2) is 59.7 Å². The van der Waals surface area contributed by atoms with Crippen molar-refractivity contribution in [2.24, 2.45) is 5.11 Å². The van der Waals surface area contributed by atoms with E-state index in [1.165, 1.54) is 11.3 Å². The van der Waals surface area contributed by atoms with E-state index in [9.17, 15) is 10.3 Å². The van der Waals surface area contributed by atoms with Gasteiger partial charge in [-0.2, -0.15) is 0 Å². The van der Waals surface area contributed by atoms with Crippen molar-refractivity contribution in [2.45, 2.75) is 13.8 Å². The smallest absolute Gasteiger partial charge is 0.348 e. The number of thiophene rings is 1. The molecule has 4 rings (SSSR count). The molecule has 0 radical (unpaired) electrons. The van der Waals surface area contributed by atoms with Gasteiger partial charge in [0.25, 0.3) is 0 Å². The first-order valence-corrected chi connectivity index (χ1v) is 10.8. The summed E-state index contributed by atoms with van der Waals surface area (Å²) in [5.74, 6) is 0.221. The zero-order chi connectivity index (χ0) is 22.7. The van der Waals surface area contributed by atoms with Gasteiger partial charge in [0, 0.05) is 15.9 Å². The summed E-state index contributed by atoms with van der Waals surface area (Å²) in [7, 11) is 1.62. The highest BCUT2D eigenvalue weighted by molar-refractivity contribution is 7.21. The molecule has 2 heterocycles. The van der Waals surface area contributed by atoms with Gasteiger partial charge in [0.1, 0.15) is 15.5 Å². The summed E-state index contributed by atoms with van der Waals surface area (Å²) < 4.78 is 10.5. The Kier molecular flexibility index (Phi) is 6.07. The molecule has 0 N–H and O–H groups in total. The summed E-state index contributed by atoms with van der Waals surface area (Å²) in [6, 6.07) is 17.6. The molecule has 2 aromatic heterocycles. The third kappa shape index (κ3) is 4.01. The molecule has 7 nitrogen and oxygen atoms in total. The van der Waals surface area contributed by atoms with Crippen LogP contribution in [-0.4, -0.2) is 24.7 Å². The van der Waals surface area contributed by atoms with Gasteiger partial charge < -0.3 is 9.47 Å². The van der Waals surface area contributed by atoms with Crippen molar-refractivity contribution in [3.63, 3.8) is 0 Å². The molecule has 160 valence electrons. The lowest BCUT2D eigenvalue weighted by molar-refractivity contribution is 0.0533. The van der Waals surface area contributed by atoms with Gasteiger partial charge in [-0.25, -0.2) is 9.78 Å². The van der Waals surface area contributed by atoms with E-state index in [2.05, 4.69) is 10.0 Å². The van der Waals surface area contributed by atoms with Crippen molar-refractivity contribution < 1.29 is 14.3 Å². The number of aromatic nitrogens is 1. The molecule has 0 aliphatic rings. The number of fused-ring (bicyclic) bond motifs is 1. The number of aryl methyl sites for hydroxylation is 1. The Bertz CT molecular complexity index is 1340. The molecule has 0 unspecified atom stereocenters.